The molecule has 106 valence electrons. The van der Waals surface area contributed by atoms with Crippen molar-refractivity contribution in [2.45, 2.75) is 6.54 Å². The van der Waals surface area contributed by atoms with Crippen molar-refractivity contribution in [3.63, 3.8) is 0 Å². The van der Waals surface area contributed by atoms with Gasteiger partial charge in [-0.15, -0.1) is 0 Å². The quantitative estimate of drug-likeness (QED) is 0.713. The van der Waals surface area contributed by atoms with Crippen LogP contribution in [0.25, 0.3) is 10.9 Å². The highest BCUT2D eigenvalue weighted by Crippen LogP contribution is 2.24. The van der Waals surface area contributed by atoms with E-state index in [1.807, 2.05) is 41.1 Å². The zero-order chi connectivity index (χ0) is 14.8. The summed E-state index contributed by atoms with van der Waals surface area (Å²) in [6.45, 7) is 0.268. The van der Waals surface area contributed by atoms with Gasteiger partial charge in [-0.05, 0) is 51.6 Å². The summed E-state index contributed by atoms with van der Waals surface area (Å²) in [6.07, 6.45) is 1.92. The summed E-state index contributed by atoms with van der Waals surface area (Å²) in [5.74, 6) is -0.0816. The summed E-state index contributed by atoms with van der Waals surface area (Å²) in [5.41, 5.74) is 8.09. The fourth-order valence-electron chi connectivity index (χ4n) is 2.26. The fourth-order valence-corrected chi connectivity index (χ4v) is 2.75. The van der Waals surface area contributed by atoms with Gasteiger partial charge in [0.15, 0.2) is 0 Å². The number of para-hydroxylation sites is 1. The number of anilines is 2. The van der Waals surface area contributed by atoms with E-state index in [0.29, 0.717) is 11.4 Å². The van der Waals surface area contributed by atoms with Gasteiger partial charge in [0.2, 0.25) is 5.91 Å². The Morgan fingerprint density at radius 1 is 1.19 bits per heavy atom. The Hall–Kier alpha value is -2.27. The van der Waals surface area contributed by atoms with Crippen LogP contribution in [0.4, 0.5) is 11.4 Å². The monoisotopic (exact) mass is 343 g/mol. The third kappa shape index (κ3) is 2.92. The number of benzene rings is 2. The van der Waals surface area contributed by atoms with Gasteiger partial charge in [-0.3, -0.25) is 4.79 Å². The van der Waals surface area contributed by atoms with Crippen molar-refractivity contribution in [1.29, 1.82) is 0 Å². The van der Waals surface area contributed by atoms with Gasteiger partial charge in [0.25, 0.3) is 0 Å². The van der Waals surface area contributed by atoms with Crippen molar-refractivity contribution in [2.24, 2.45) is 0 Å². The third-order valence-electron chi connectivity index (χ3n) is 3.26. The number of rotatable bonds is 3. The molecule has 0 spiro atoms. The number of halogens is 1. The number of nitrogens with zero attached hydrogens (tertiary/aromatic N) is 1. The van der Waals surface area contributed by atoms with Gasteiger partial charge >= 0.3 is 0 Å². The van der Waals surface area contributed by atoms with Crippen LogP contribution in [0.1, 0.15) is 0 Å². The lowest BCUT2D eigenvalue weighted by molar-refractivity contribution is -0.116. The molecule has 0 aliphatic rings. The topological polar surface area (TPSA) is 60.0 Å². The summed E-state index contributed by atoms with van der Waals surface area (Å²) in [4.78, 5) is 12.2. The second kappa shape index (κ2) is 5.61. The summed E-state index contributed by atoms with van der Waals surface area (Å²) in [5, 5.41) is 4.00. The maximum Gasteiger partial charge on any atom is 0.244 e. The zero-order valence-electron chi connectivity index (χ0n) is 11.2. The minimum absolute atomic E-state index is 0.0816. The predicted octanol–water partition coefficient (Wildman–Crippen LogP) is 3.62. The van der Waals surface area contributed by atoms with Gasteiger partial charge in [0.1, 0.15) is 6.54 Å². The van der Waals surface area contributed by atoms with Crippen molar-refractivity contribution in [1.82, 2.24) is 4.57 Å². The number of nitrogen functional groups attached to an aromatic ring is 1. The molecule has 1 heterocycles. The molecule has 3 N–H and O–H groups in total. The number of hydrogen-bond acceptors (Lipinski definition) is 2. The first-order valence-corrected chi connectivity index (χ1v) is 7.31. The van der Waals surface area contributed by atoms with Crippen molar-refractivity contribution in [2.75, 3.05) is 11.1 Å². The number of aromatic nitrogens is 1. The zero-order valence-corrected chi connectivity index (χ0v) is 12.8. The van der Waals surface area contributed by atoms with Crippen LogP contribution in [0, 0.1) is 0 Å². The fraction of sp³-hybridized carbons (Fsp3) is 0.0625. The summed E-state index contributed by atoms with van der Waals surface area (Å²) >= 11 is 3.39. The number of fused-ring (bicyclic) bond motifs is 1. The second-order valence-electron chi connectivity index (χ2n) is 4.79. The molecule has 2 aromatic carbocycles. The first-order chi connectivity index (χ1) is 10.1. The molecular formula is C16H14BrN3O. The lowest BCUT2D eigenvalue weighted by atomic mass is 10.2. The standard InChI is InChI=1S/C16H14BrN3O/c17-13-9-12(18)5-6-14(13)19-16(21)10-20-8-7-11-3-1-2-4-15(11)20/h1-9H,10,18H2,(H,19,21). The van der Waals surface area contributed by atoms with Crippen LogP contribution in [0.3, 0.4) is 0 Å². The van der Waals surface area contributed by atoms with E-state index in [0.717, 1.165) is 15.4 Å². The summed E-state index contributed by atoms with van der Waals surface area (Å²) in [7, 11) is 0. The highest BCUT2D eigenvalue weighted by molar-refractivity contribution is 9.10. The van der Waals surface area contributed by atoms with Gasteiger partial charge in [-0.1, -0.05) is 18.2 Å². The molecule has 0 bridgehead atoms. The number of amides is 1. The SMILES string of the molecule is Nc1ccc(NC(=O)Cn2ccc3ccccc32)c(Br)c1. The Balaban J connectivity index is 1.77. The van der Waals surface area contributed by atoms with Gasteiger partial charge < -0.3 is 15.6 Å². The van der Waals surface area contributed by atoms with E-state index in [1.54, 1.807) is 18.2 Å². The number of nitrogens with two attached hydrogens (primary N) is 1. The molecule has 3 rings (SSSR count). The molecular weight excluding hydrogens is 330 g/mol. The molecule has 0 aliphatic carbocycles. The molecule has 0 fully saturated rings. The number of hydrogen-bond donors (Lipinski definition) is 2. The molecule has 1 amide bonds. The molecule has 0 saturated carbocycles. The summed E-state index contributed by atoms with van der Waals surface area (Å²) < 4.78 is 2.70. The van der Waals surface area contributed by atoms with E-state index in [2.05, 4.69) is 21.2 Å². The Kier molecular flexibility index (Phi) is 3.66. The minimum Gasteiger partial charge on any atom is -0.399 e. The van der Waals surface area contributed by atoms with Crippen molar-refractivity contribution in [3.05, 3.63) is 59.2 Å². The smallest absolute Gasteiger partial charge is 0.244 e. The normalized spacial score (nSPS) is 10.7. The Morgan fingerprint density at radius 3 is 2.81 bits per heavy atom. The molecule has 3 aromatic rings. The van der Waals surface area contributed by atoms with E-state index in [1.165, 1.54) is 0 Å². The van der Waals surface area contributed by atoms with E-state index in [9.17, 15) is 4.79 Å². The molecule has 5 heteroatoms. The predicted molar refractivity (Wildman–Crippen MR) is 89.1 cm³/mol. The first kappa shape index (κ1) is 13.7. The minimum atomic E-state index is -0.0816. The van der Waals surface area contributed by atoms with Crippen molar-refractivity contribution >= 4 is 44.1 Å². The largest absolute Gasteiger partial charge is 0.399 e. The van der Waals surface area contributed by atoms with Crippen LogP contribution < -0.4 is 11.1 Å². The van der Waals surface area contributed by atoms with Gasteiger partial charge in [0.05, 0.1) is 5.69 Å². The molecule has 0 saturated heterocycles. The highest BCUT2D eigenvalue weighted by atomic mass is 79.9. The molecule has 0 radical (unpaired) electrons. The van der Waals surface area contributed by atoms with Crippen LogP contribution in [0.2, 0.25) is 0 Å². The van der Waals surface area contributed by atoms with Crippen molar-refractivity contribution < 1.29 is 4.79 Å². The third-order valence-corrected chi connectivity index (χ3v) is 3.92. The summed E-state index contributed by atoms with van der Waals surface area (Å²) in [6, 6.07) is 15.3. The van der Waals surface area contributed by atoms with Crippen LogP contribution in [-0.4, -0.2) is 10.5 Å². The van der Waals surface area contributed by atoms with Crippen LogP contribution in [0.5, 0.6) is 0 Å². The van der Waals surface area contributed by atoms with E-state index in [-0.39, 0.29) is 12.5 Å². The number of nitrogens with one attached hydrogen (secondary N) is 1. The number of carbonyl (C=O) groups excluding carboxylic acids is 1. The van der Waals surface area contributed by atoms with E-state index < -0.39 is 0 Å². The van der Waals surface area contributed by atoms with Crippen molar-refractivity contribution in [3.8, 4) is 0 Å². The molecule has 0 atom stereocenters. The highest BCUT2D eigenvalue weighted by Gasteiger charge is 2.08. The Labute approximate surface area is 130 Å². The van der Waals surface area contributed by atoms with Gasteiger partial charge in [-0.25, -0.2) is 0 Å². The maximum atomic E-state index is 12.2. The molecule has 0 unspecified atom stereocenters. The lowest BCUT2D eigenvalue weighted by Gasteiger charge is -2.09. The van der Waals surface area contributed by atoms with Gasteiger partial charge in [0, 0.05) is 21.9 Å². The van der Waals surface area contributed by atoms with Gasteiger partial charge in [-0.2, -0.15) is 0 Å². The molecule has 0 aliphatic heterocycles. The average Bonchev–Trinajstić information content (AvgIpc) is 2.85. The average molecular weight is 344 g/mol. The lowest BCUT2D eigenvalue weighted by Crippen LogP contribution is -2.18. The molecule has 4 nitrogen and oxygen atoms in total. The Bertz CT molecular complexity index is 810. The number of carbonyl (C=O) groups is 1. The second-order valence-corrected chi connectivity index (χ2v) is 5.64. The van der Waals surface area contributed by atoms with Crippen LogP contribution in [-0.2, 0) is 11.3 Å². The van der Waals surface area contributed by atoms with E-state index >= 15 is 0 Å². The molecule has 21 heavy (non-hydrogen) atoms. The van der Waals surface area contributed by atoms with E-state index in [4.69, 9.17) is 5.73 Å². The van der Waals surface area contributed by atoms with Crippen LogP contribution in [0.15, 0.2) is 59.2 Å². The maximum absolute atomic E-state index is 12.2. The van der Waals surface area contributed by atoms with Crippen LogP contribution >= 0.6 is 15.9 Å². The molecule has 1 aromatic heterocycles. The first-order valence-electron chi connectivity index (χ1n) is 6.52. The Morgan fingerprint density at radius 2 is 2.00 bits per heavy atom.